The number of rotatable bonds is 6. The molecule has 0 spiro atoms. The van der Waals surface area contributed by atoms with Crippen LogP contribution >= 0.6 is 11.6 Å². The zero-order valence-corrected chi connectivity index (χ0v) is 24.6. The highest BCUT2D eigenvalue weighted by Crippen LogP contribution is 2.38. The number of carbonyl (C=O) groups is 1. The van der Waals surface area contributed by atoms with E-state index < -0.39 is 29.5 Å². The quantitative estimate of drug-likeness (QED) is 0.233. The molecule has 230 valence electrons. The summed E-state index contributed by atoms with van der Waals surface area (Å²) in [6.45, 7) is 5.60. The summed E-state index contributed by atoms with van der Waals surface area (Å²) in [5.41, 5.74) is -0.271. The van der Waals surface area contributed by atoms with Crippen molar-refractivity contribution in [1.82, 2.24) is 34.0 Å². The van der Waals surface area contributed by atoms with Crippen LogP contribution in [0.1, 0.15) is 26.3 Å². The zero-order valence-electron chi connectivity index (χ0n) is 23.9. The van der Waals surface area contributed by atoms with E-state index >= 15 is 0 Å². The van der Waals surface area contributed by atoms with Crippen molar-refractivity contribution < 1.29 is 32.2 Å². The minimum Gasteiger partial charge on any atom is -0.487 e. The van der Waals surface area contributed by atoms with E-state index in [9.17, 15) is 18.0 Å². The molecular formula is C28H26ClF3N8O4. The molecule has 4 aromatic heterocycles. The number of nitrogens with zero attached hydrogens (tertiary/aromatic N) is 7. The number of halogens is 4. The maximum atomic E-state index is 13.8. The van der Waals surface area contributed by atoms with Crippen LogP contribution < -0.4 is 14.8 Å². The second kappa shape index (κ2) is 10.7. The molecule has 44 heavy (non-hydrogen) atoms. The Morgan fingerprint density at radius 3 is 2.59 bits per heavy atom. The van der Waals surface area contributed by atoms with E-state index in [0.29, 0.717) is 16.8 Å². The van der Waals surface area contributed by atoms with Gasteiger partial charge in [0.2, 0.25) is 5.95 Å². The number of anilines is 2. The van der Waals surface area contributed by atoms with Crippen LogP contribution in [0, 0.1) is 0 Å². The Hall–Kier alpha value is -4.79. The molecule has 1 amide bonds. The van der Waals surface area contributed by atoms with E-state index in [-0.39, 0.29) is 46.9 Å². The maximum Gasteiger partial charge on any atom is 0.416 e. The number of benzene rings is 1. The van der Waals surface area contributed by atoms with E-state index in [2.05, 4.69) is 25.4 Å². The van der Waals surface area contributed by atoms with Crippen LogP contribution in [0.2, 0.25) is 5.02 Å². The summed E-state index contributed by atoms with van der Waals surface area (Å²) in [5, 5.41) is 7.31. The Labute approximate surface area is 253 Å². The molecule has 6 rings (SSSR count). The van der Waals surface area contributed by atoms with Gasteiger partial charge in [-0.05, 0) is 32.9 Å². The van der Waals surface area contributed by atoms with Crippen molar-refractivity contribution >= 4 is 46.0 Å². The Balaban J connectivity index is 1.23. The molecule has 0 aliphatic carbocycles. The number of aryl methyl sites for hydroxylation is 1. The third kappa shape index (κ3) is 5.86. The predicted octanol–water partition coefficient (Wildman–Crippen LogP) is 6.22. The first-order valence-corrected chi connectivity index (χ1v) is 13.7. The molecule has 1 saturated heterocycles. The fraction of sp³-hybridized carbons (Fsp3) is 0.321. The fourth-order valence-electron chi connectivity index (χ4n) is 4.52. The first-order valence-electron chi connectivity index (χ1n) is 13.4. The Morgan fingerprint density at radius 2 is 1.86 bits per heavy atom. The molecule has 1 fully saturated rings. The highest BCUT2D eigenvalue weighted by Gasteiger charge is 2.36. The zero-order chi connectivity index (χ0) is 31.4. The van der Waals surface area contributed by atoms with Crippen molar-refractivity contribution in [2.24, 2.45) is 7.05 Å². The van der Waals surface area contributed by atoms with Gasteiger partial charge >= 0.3 is 12.3 Å². The largest absolute Gasteiger partial charge is 0.487 e. The molecule has 5 aromatic rings. The van der Waals surface area contributed by atoms with E-state index in [1.54, 1.807) is 55.5 Å². The molecule has 1 aliphatic rings. The molecule has 16 heteroatoms. The SMILES string of the molecule is Cn1c(Nc2cc(OC3CN(C(=O)OC(C)(C)C)C3)cc(C(F)(F)F)c2)nc2ncc(Oc3cnn4ccncc34)c(Cl)c21. The smallest absolute Gasteiger partial charge is 0.416 e. The van der Waals surface area contributed by atoms with Crippen molar-refractivity contribution in [3.63, 3.8) is 0 Å². The molecule has 12 nitrogen and oxygen atoms in total. The normalized spacial score (nSPS) is 14.1. The number of likely N-dealkylation sites (tertiary alicyclic amines) is 1. The average molecular weight is 631 g/mol. The van der Waals surface area contributed by atoms with Crippen LogP contribution in [-0.4, -0.2) is 64.9 Å². The van der Waals surface area contributed by atoms with Gasteiger partial charge in [0, 0.05) is 31.2 Å². The molecule has 0 radical (unpaired) electrons. The number of imidazole rings is 1. The minimum absolute atomic E-state index is 0.0235. The lowest BCUT2D eigenvalue weighted by atomic mass is 10.1. The first kappa shape index (κ1) is 29.3. The highest BCUT2D eigenvalue weighted by atomic mass is 35.5. The fourth-order valence-corrected chi connectivity index (χ4v) is 4.82. The van der Waals surface area contributed by atoms with Gasteiger partial charge < -0.3 is 29.0 Å². The summed E-state index contributed by atoms with van der Waals surface area (Å²) in [6.07, 6.45) is 2.09. The van der Waals surface area contributed by atoms with Gasteiger partial charge in [0.25, 0.3) is 0 Å². The van der Waals surface area contributed by atoms with Gasteiger partial charge in [0.1, 0.15) is 33.5 Å². The van der Waals surface area contributed by atoms with E-state index in [4.69, 9.17) is 25.8 Å². The summed E-state index contributed by atoms with van der Waals surface area (Å²) >= 11 is 6.69. The van der Waals surface area contributed by atoms with Crippen LogP contribution in [0.15, 0.2) is 49.2 Å². The lowest BCUT2D eigenvalue weighted by molar-refractivity contribution is -0.137. The van der Waals surface area contributed by atoms with E-state index in [1.165, 1.54) is 23.4 Å². The number of hydrogen-bond acceptors (Lipinski definition) is 9. The molecule has 1 aromatic carbocycles. The van der Waals surface area contributed by atoms with E-state index in [1.807, 2.05) is 0 Å². The molecule has 0 saturated carbocycles. The summed E-state index contributed by atoms with van der Waals surface area (Å²) in [5.74, 6) is 0.781. The van der Waals surface area contributed by atoms with Crippen LogP contribution in [0.5, 0.6) is 17.2 Å². The number of carbonyl (C=O) groups excluding carboxylic acids is 1. The van der Waals surface area contributed by atoms with Crippen molar-refractivity contribution in [1.29, 1.82) is 0 Å². The molecule has 0 unspecified atom stereocenters. The average Bonchev–Trinajstić information content (AvgIpc) is 3.46. The van der Waals surface area contributed by atoms with Gasteiger partial charge in [-0.25, -0.2) is 14.3 Å². The van der Waals surface area contributed by atoms with Crippen molar-refractivity contribution in [3.05, 3.63) is 59.8 Å². The maximum absolute atomic E-state index is 13.8. The van der Waals surface area contributed by atoms with Gasteiger partial charge in [-0.1, -0.05) is 11.6 Å². The van der Waals surface area contributed by atoms with Crippen molar-refractivity contribution in [3.8, 4) is 17.2 Å². The lowest BCUT2D eigenvalue weighted by Crippen LogP contribution is -2.57. The van der Waals surface area contributed by atoms with Crippen LogP contribution in [-0.2, 0) is 18.0 Å². The standard InChI is InChI=1S/C28H26ClF3N8O4/c1-27(2,3)44-26(41)39-13-18(14-39)42-17-8-15(28(30,31)32)7-16(9-17)36-25-37-24-23(38(25)4)22(29)21(11-34-24)43-20-12-35-40-6-5-33-10-19(20)40/h5-12,18H,13-14H2,1-4H3,(H,34,36,37). The Morgan fingerprint density at radius 1 is 1.09 bits per heavy atom. The molecule has 5 heterocycles. The van der Waals surface area contributed by atoms with Crippen LogP contribution in [0.3, 0.4) is 0 Å². The highest BCUT2D eigenvalue weighted by molar-refractivity contribution is 6.36. The summed E-state index contributed by atoms with van der Waals surface area (Å²) in [7, 11) is 1.64. The Kier molecular flexibility index (Phi) is 7.14. The topological polar surface area (TPSA) is 121 Å². The first-order chi connectivity index (χ1) is 20.7. The summed E-state index contributed by atoms with van der Waals surface area (Å²) in [6, 6.07) is 3.28. The monoisotopic (exact) mass is 630 g/mol. The van der Waals surface area contributed by atoms with Crippen LogP contribution in [0.25, 0.3) is 16.7 Å². The second-order valence-corrected chi connectivity index (χ2v) is 11.5. The van der Waals surface area contributed by atoms with Crippen molar-refractivity contribution in [2.45, 2.75) is 38.7 Å². The van der Waals surface area contributed by atoms with Gasteiger partial charge in [0.05, 0.1) is 37.2 Å². The van der Waals surface area contributed by atoms with E-state index in [0.717, 1.165) is 12.1 Å². The minimum atomic E-state index is -4.64. The lowest BCUT2D eigenvalue weighted by Gasteiger charge is -2.39. The number of nitrogens with one attached hydrogen (secondary N) is 1. The molecule has 1 N–H and O–H groups in total. The Bertz CT molecular complexity index is 1880. The van der Waals surface area contributed by atoms with Crippen LogP contribution in [0.4, 0.5) is 29.6 Å². The molecule has 0 bridgehead atoms. The van der Waals surface area contributed by atoms with Crippen molar-refractivity contribution in [2.75, 3.05) is 18.4 Å². The number of ether oxygens (including phenoxy) is 3. The number of aromatic nitrogens is 6. The van der Waals surface area contributed by atoms with Gasteiger partial charge in [-0.3, -0.25) is 4.98 Å². The van der Waals surface area contributed by atoms with Gasteiger partial charge in [-0.15, -0.1) is 0 Å². The number of alkyl halides is 3. The molecule has 0 atom stereocenters. The number of amides is 1. The third-order valence-electron chi connectivity index (χ3n) is 6.61. The summed E-state index contributed by atoms with van der Waals surface area (Å²) < 4.78 is 61.7. The van der Waals surface area contributed by atoms with Gasteiger partial charge in [-0.2, -0.15) is 23.3 Å². The third-order valence-corrected chi connectivity index (χ3v) is 6.97. The summed E-state index contributed by atoms with van der Waals surface area (Å²) in [4.78, 5) is 26.5. The predicted molar refractivity (Wildman–Crippen MR) is 154 cm³/mol. The molecular weight excluding hydrogens is 605 g/mol. The number of pyridine rings is 1. The van der Waals surface area contributed by atoms with Gasteiger partial charge in [0.15, 0.2) is 17.1 Å². The number of hydrogen-bond donors (Lipinski definition) is 1. The number of fused-ring (bicyclic) bond motifs is 2. The molecule has 1 aliphatic heterocycles. The second-order valence-electron chi connectivity index (χ2n) is 11.1.